The van der Waals surface area contributed by atoms with Gasteiger partial charge in [-0.1, -0.05) is 31.8 Å². The van der Waals surface area contributed by atoms with E-state index in [1.807, 2.05) is 31.2 Å². The summed E-state index contributed by atoms with van der Waals surface area (Å²) in [5.41, 5.74) is 0. The normalized spacial score (nSPS) is 10.4. The summed E-state index contributed by atoms with van der Waals surface area (Å²) in [6.45, 7) is 10.7. The lowest BCUT2D eigenvalue weighted by molar-refractivity contribution is 0.0202. The molecular formula is C14H27BO5Si. The molecule has 120 valence electrons. The molecular weight excluding hydrogens is 287 g/mol. The second kappa shape index (κ2) is 11.6. The van der Waals surface area contributed by atoms with Gasteiger partial charge in [0.15, 0.2) is 18.3 Å². The molecule has 0 spiro atoms. The van der Waals surface area contributed by atoms with Gasteiger partial charge in [-0.3, -0.25) is 0 Å². The van der Waals surface area contributed by atoms with Crippen LogP contribution in [0, 0.1) is 0 Å². The summed E-state index contributed by atoms with van der Waals surface area (Å²) in [5.74, 6) is 1.51. The topological polar surface area (TPSA) is 68.2 Å². The Morgan fingerprint density at radius 1 is 1.05 bits per heavy atom. The van der Waals surface area contributed by atoms with Crippen molar-refractivity contribution in [2.75, 3.05) is 20.0 Å². The molecule has 21 heavy (non-hydrogen) atoms. The van der Waals surface area contributed by atoms with E-state index in [1.54, 1.807) is 0 Å². The molecule has 0 unspecified atom stereocenters. The van der Waals surface area contributed by atoms with Gasteiger partial charge in [-0.15, -0.1) is 0 Å². The first-order valence-electron chi connectivity index (χ1n) is 7.08. The monoisotopic (exact) mass is 314 g/mol. The highest BCUT2D eigenvalue weighted by molar-refractivity contribution is 6.76. The molecule has 1 aromatic carbocycles. The lowest BCUT2D eigenvalue weighted by Gasteiger charge is -2.16. The van der Waals surface area contributed by atoms with Gasteiger partial charge in [0.2, 0.25) is 0 Å². The van der Waals surface area contributed by atoms with E-state index >= 15 is 0 Å². The smallest absolute Gasteiger partial charge is 0.432 e. The third kappa shape index (κ3) is 11.3. The van der Waals surface area contributed by atoms with Gasteiger partial charge < -0.3 is 24.3 Å². The number of ether oxygens (including phenoxy) is 3. The zero-order valence-electron chi connectivity index (χ0n) is 13.5. The van der Waals surface area contributed by atoms with E-state index in [2.05, 4.69) is 19.6 Å². The van der Waals surface area contributed by atoms with Crippen LogP contribution >= 0.6 is 0 Å². The van der Waals surface area contributed by atoms with Crippen LogP contribution in [0.25, 0.3) is 0 Å². The molecule has 0 aromatic heterocycles. The standard InChI is InChI=1S/C14H24O3Si.BH3O2/c1-5-16-13-8-6-7-9-14(13)17-12-15-10-11-18(2,3)4;2-1-3/h6-9H,5,10-12H2,1-4H3;1-3H. The summed E-state index contributed by atoms with van der Waals surface area (Å²) in [5, 5.41) is 14.2. The second-order valence-electron chi connectivity index (χ2n) is 5.50. The maximum Gasteiger partial charge on any atom is 0.432 e. The molecule has 0 aliphatic carbocycles. The van der Waals surface area contributed by atoms with Crippen molar-refractivity contribution in [2.24, 2.45) is 0 Å². The third-order valence-electron chi connectivity index (χ3n) is 2.44. The molecule has 0 aliphatic heterocycles. The van der Waals surface area contributed by atoms with Gasteiger partial charge in [-0.05, 0) is 25.1 Å². The highest BCUT2D eigenvalue weighted by atomic mass is 28.3. The number of rotatable bonds is 8. The summed E-state index contributed by atoms with van der Waals surface area (Å²) < 4.78 is 16.6. The van der Waals surface area contributed by atoms with Crippen molar-refractivity contribution >= 4 is 15.8 Å². The highest BCUT2D eigenvalue weighted by Gasteiger charge is 2.12. The minimum Gasteiger partial charge on any atom is -0.490 e. The van der Waals surface area contributed by atoms with E-state index in [0.29, 0.717) is 6.61 Å². The summed E-state index contributed by atoms with van der Waals surface area (Å²) >= 11 is 0. The van der Waals surface area contributed by atoms with E-state index in [-0.39, 0.29) is 6.79 Å². The molecule has 0 saturated carbocycles. The predicted molar refractivity (Wildman–Crippen MR) is 88.8 cm³/mol. The van der Waals surface area contributed by atoms with Crippen LogP contribution in [0.1, 0.15) is 6.92 Å². The van der Waals surface area contributed by atoms with Gasteiger partial charge in [-0.2, -0.15) is 0 Å². The molecule has 0 saturated heterocycles. The summed E-state index contributed by atoms with van der Waals surface area (Å²) in [7, 11) is -1.77. The lowest BCUT2D eigenvalue weighted by atomic mass is 10.3. The van der Waals surface area contributed by atoms with Gasteiger partial charge in [0.1, 0.15) is 0 Å². The fourth-order valence-electron chi connectivity index (χ4n) is 1.39. The Bertz CT molecular complexity index is 371. The molecule has 7 heteroatoms. The summed E-state index contributed by atoms with van der Waals surface area (Å²) in [6, 6.07) is 8.82. The second-order valence-corrected chi connectivity index (χ2v) is 11.1. The van der Waals surface area contributed by atoms with Gasteiger partial charge >= 0.3 is 7.69 Å². The van der Waals surface area contributed by atoms with Crippen molar-refractivity contribution in [3.63, 3.8) is 0 Å². The average Bonchev–Trinajstić information content (AvgIpc) is 2.40. The van der Waals surface area contributed by atoms with Crippen molar-refractivity contribution in [3.8, 4) is 11.5 Å². The maximum atomic E-state index is 7.12. The van der Waals surface area contributed by atoms with Crippen molar-refractivity contribution in [1.29, 1.82) is 0 Å². The van der Waals surface area contributed by atoms with Crippen LogP contribution in [-0.2, 0) is 4.74 Å². The Hall–Kier alpha value is -1.02. The third-order valence-corrected chi connectivity index (χ3v) is 4.15. The van der Waals surface area contributed by atoms with Crippen molar-refractivity contribution < 1.29 is 24.3 Å². The van der Waals surface area contributed by atoms with Gasteiger partial charge in [0.05, 0.1) is 6.61 Å². The first kappa shape index (κ1) is 20.0. The molecule has 0 heterocycles. The quantitative estimate of drug-likeness (QED) is 0.436. The molecule has 0 radical (unpaired) electrons. The van der Waals surface area contributed by atoms with E-state index in [9.17, 15) is 0 Å². The minimum atomic E-state index is -1.02. The minimum absolute atomic E-state index is 0.286. The largest absolute Gasteiger partial charge is 0.490 e. The first-order valence-corrected chi connectivity index (χ1v) is 10.8. The van der Waals surface area contributed by atoms with E-state index in [0.717, 1.165) is 24.2 Å². The fourth-order valence-corrected chi connectivity index (χ4v) is 2.14. The summed E-state index contributed by atoms with van der Waals surface area (Å²) in [4.78, 5) is 0. The molecule has 1 rings (SSSR count). The number of hydrogen-bond acceptors (Lipinski definition) is 5. The Kier molecular flexibility index (Phi) is 11.1. The van der Waals surface area contributed by atoms with Crippen LogP contribution < -0.4 is 9.47 Å². The van der Waals surface area contributed by atoms with Crippen LogP contribution in [0.3, 0.4) is 0 Å². The molecule has 0 bridgehead atoms. The predicted octanol–water partition coefficient (Wildman–Crippen LogP) is 2.01. The molecule has 0 aliphatic rings. The van der Waals surface area contributed by atoms with Crippen molar-refractivity contribution in [2.45, 2.75) is 32.6 Å². The van der Waals surface area contributed by atoms with Gasteiger partial charge in [-0.25, -0.2) is 0 Å². The highest BCUT2D eigenvalue weighted by Crippen LogP contribution is 2.26. The SMILES string of the molecule is CCOc1ccccc1OCOCC[Si](C)(C)C.OBO. The Labute approximate surface area is 129 Å². The zero-order chi connectivity index (χ0) is 16.1. The summed E-state index contributed by atoms with van der Waals surface area (Å²) in [6.07, 6.45) is 0. The van der Waals surface area contributed by atoms with Crippen LogP contribution in [0.5, 0.6) is 11.5 Å². The zero-order valence-corrected chi connectivity index (χ0v) is 14.5. The van der Waals surface area contributed by atoms with E-state index in [1.165, 1.54) is 0 Å². The average molecular weight is 314 g/mol. The Morgan fingerprint density at radius 2 is 1.57 bits per heavy atom. The fraction of sp³-hybridized carbons (Fsp3) is 0.571. The first-order chi connectivity index (χ1) is 9.94. The molecule has 2 N–H and O–H groups in total. The van der Waals surface area contributed by atoms with Gasteiger partial charge in [0, 0.05) is 14.7 Å². The van der Waals surface area contributed by atoms with E-state index in [4.69, 9.17) is 24.3 Å². The number of hydrogen-bond donors (Lipinski definition) is 2. The molecule has 0 fully saturated rings. The van der Waals surface area contributed by atoms with Crippen LogP contribution in [-0.4, -0.2) is 45.8 Å². The van der Waals surface area contributed by atoms with Gasteiger partial charge in [0.25, 0.3) is 0 Å². The molecule has 5 nitrogen and oxygen atoms in total. The Morgan fingerprint density at radius 3 is 2.05 bits per heavy atom. The van der Waals surface area contributed by atoms with Crippen LogP contribution in [0.4, 0.5) is 0 Å². The maximum absolute atomic E-state index is 7.12. The Balaban J connectivity index is 0.00000122. The van der Waals surface area contributed by atoms with Crippen molar-refractivity contribution in [1.82, 2.24) is 0 Å². The van der Waals surface area contributed by atoms with Crippen LogP contribution in [0.2, 0.25) is 25.7 Å². The van der Waals surface area contributed by atoms with E-state index < -0.39 is 15.8 Å². The number of para-hydroxylation sites is 2. The molecule has 1 aromatic rings. The molecule has 0 atom stereocenters. The molecule has 0 amide bonds. The lowest BCUT2D eigenvalue weighted by Crippen LogP contribution is -2.22. The number of benzene rings is 1. The van der Waals surface area contributed by atoms with Crippen molar-refractivity contribution in [3.05, 3.63) is 24.3 Å². The van der Waals surface area contributed by atoms with Crippen LogP contribution in [0.15, 0.2) is 24.3 Å².